The van der Waals surface area contributed by atoms with Gasteiger partial charge in [0, 0.05) is 61.7 Å². The van der Waals surface area contributed by atoms with Crippen LogP contribution in [-0.2, 0) is 9.53 Å². The first-order chi connectivity index (χ1) is 18.5. The van der Waals surface area contributed by atoms with Gasteiger partial charge in [-0.25, -0.2) is 0 Å². The van der Waals surface area contributed by atoms with Crippen molar-refractivity contribution in [3.8, 4) is 24.2 Å². The van der Waals surface area contributed by atoms with Gasteiger partial charge in [-0.2, -0.15) is 5.26 Å². The number of nitrogens with zero attached hydrogens (tertiary/aromatic N) is 3. The number of pyridine rings is 1. The molecule has 2 N–H and O–H groups in total. The highest BCUT2D eigenvalue weighted by Crippen LogP contribution is 2.36. The second-order valence-electron chi connectivity index (χ2n) is 8.93. The molecule has 0 radical (unpaired) electrons. The number of terminal acetylenes is 1. The molecule has 38 heavy (non-hydrogen) atoms. The monoisotopic (exact) mass is 509 g/mol. The van der Waals surface area contributed by atoms with Crippen LogP contribution in [-0.4, -0.2) is 55.7 Å². The number of rotatable bonds is 9. The molecule has 0 spiro atoms. The lowest BCUT2D eigenvalue weighted by Gasteiger charge is -2.27. The van der Waals surface area contributed by atoms with Crippen molar-refractivity contribution in [3.63, 3.8) is 0 Å². The minimum absolute atomic E-state index is 0.216. The average Bonchev–Trinajstić information content (AvgIpc) is 2.93. The number of carbonyl (C=O) groups is 1. The normalized spacial score (nSPS) is 13.4. The Labute approximate surface area is 223 Å². The highest BCUT2D eigenvalue weighted by atomic mass is 16.5. The third-order valence-corrected chi connectivity index (χ3v) is 6.39. The number of benzene rings is 2. The number of nitrogens with one attached hydrogen (secondary N) is 2. The molecule has 0 aliphatic carbocycles. The molecule has 194 valence electrons. The van der Waals surface area contributed by atoms with Gasteiger partial charge in [-0.05, 0) is 44.0 Å². The second kappa shape index (κ2) is 12.7. The van der Waals surface area contributed by atoms with Crippen LogP contribution in [0, 0.1) is 23.7 Å². The smallest absolute Gasteiger partial charge is 0.248 e. The predicted molar refractivity (Wildman–Crippen MR) is 150 cm³/mol. The zero-order valence-corrected chi connectivity index (χ0v) is 21.7. The van der Waals surface area contributed by atoms with Gasteiger partial charge in [-0.15, -0.1) is 6.42 Å². The Hall–Kier alpha value is -4.37. The summed E-state index contributed by atoms with van der Waals surface area (Å²) in [5.74, 6) is 2.92. The van der Waals surface area contributed by atoms with Crippen molar-refractivity contribution in [2.24, 2.45) is 0 Å². The fourth-order valence-electron chi connectivity index (χ4n) is 4.43. The molecule has 1 aliphatic heterocycles. The van der Waals surface area contributed by atoms with Crippen molar-refractivity contribution >= 4 is 33.9 Å². The molecule has 3 aromatic rings. The summed E-state index contributed by atoms with van der Waals surface area (Å²) >= 11 is 0. The minimum Gasteiger partial charge on any atom is -0.492 e. The Kier molecular flexibility index (Phi) is 8.94. The van der Waals surface area contributed by atoms with Crippen molar-refractivity contribution < 1.29 is 14.3 Å². The van der Waals surface area contributed by atoms with Crippen LogP contribution >= 0.6 is 0 Å². The van der Waals surface area contributed by atoms with E-state index in [1.54, 1.807) is 25.3 Å². The summed E-state index contributed by atoms with van der Waals surface area (Å²) in [5, 5.41) is 16.8. The van der Waals surface area contributed by atoms with Gasteiger partial charge in [0.1, 0.15) is 11.8 Å². The van der Waals surface area contributed by atoms with Gasteiger partial charge in [0.15, 0.2) is 0 Å². The first kappa shape index (κ1) is 26.7. The fraction of sp³-hybridized carbons (Fsp3) is 0.300. The van der Waals surface area contributed by atoms with Gasteiger partial charge in [0.2, 0.25) is 5.91 Å². The van der Waals surface area contributed by atoms with E-state index < -0.39 is 0 Å². The Morgan fingerprint density at radius 1 is 1.26 bits per heavy atom. The third-order valence-electron chi connectivity index (χ3n) is 6.39. The van der Waals surface area contributed by atoms with E-state index in [1.807, 2.05) is 31.2 Å². The SMILES string of the molecule is C#Cc1cccc(Nc2c(C#N)cnc3cc(OCC)c(NC(=O)C=C4CCN(CCOC)CC4)cc23)c1. The van der Waals surface area contributed by atoms with E-state index in [1.165, 1.54) is 6.20 Å². The first-order valence-electron chi connectivity index (χ1n) is 12.6. The van der Waals surface area contributed by atoms with Crippen LogP contribution < -0.4 is 15.4 Å². The van der Waals surface area contributed by atoms with E-state index in [9.17, 15) is 10.1 Å². The van der Waals surface area contributed by atoms with Gasteiger partial charge < -0.3 is 25.0 Å². The number of likely N-dealkylation sites (tertiary alicyclic amines) is 1. The maximum absolute atomic E-state index is 13.0. The molecular weight excluding hydrogens is 478 g/mol. The number of hydrogen-bond acceptors (Lipinski definition) is 7. The predicted octanol–water partition coefficient (Wildman–Crippen LogP) is 4.84. The highest BCUT2D eigenvalue weighted by Gasteiger charge is 2.17. The number of carbonyl (C=O) groups excluding carboxylic acids is 1. The number of amides is 1. The van der Waals surface area contributed by atoms with Crippen LogP contribution in [0.4, 0.5) is 17.1 Å². The van der Waals surface area contributed by atoms with Gasteiger partial charge in [0.05, 0.1) is 35.7 Å². The minimum atomic E-state index is -0.216. The maximum atomic E-state index is 13.0. The molecular formula is C30H31N5O3. The highest BCUT2D eigenvalue weighted by molar-refractivity contribution is 6.05. The first-order valence-corrected chi connectivity index (χ1v) is 12.6. The van der Waals surface area contributed by atoms with E-state index in [0.29, 0.717) is 46.8 Å². The molecule has 1 fully saturated rings. The summed E-state index contributed by atoms with van der Waals surface area (Å²) in [6.07, 6.45) is 10.4. The lowest BCUT2D eigenvalue weighted by Crippen LogP contribution is -2.33. The molecule has 1 aromatic heterocycles. The molecule has 4 rings (SSSR count). The number of nitriles is 1. The van der Waals surface area contributed by atoms with Crippen molar-refractivity contribution in [2.75, 3.05) is 50.6 Å². The topological polar surface area (TPSA) is 99.5 Å². The number of aromatic nitrogens is 1. The number of ether oxygens (including phenoxy) is 2. The van der Waals surface area contributed by atoms with Crippen LogP contribution in [0.5, 0.6) is 5.75 Å². The van der Waals surface area contributed by atoms with Gasteiger partial charge >= 0.3 is 0 Å². The molecule has 0 bridgehead atoms. The zero-order valence-electron chi connectivity index (χ0n) is 21.7. The summed E-state index contributed by atoms with van der Waals surface area (Å²) in [5.41, 5.74) is 4.65. The number of anilines is 3. The van der Waals surface area contributed by atoms with Crippen molar-refractivity contribution in [3.05, 3.63) is 65.4 Å². The van der Waals surface area contributed by atoms with Gasteiger partial charge in [-0.1, -0.05) is 17.6 Å². The maximum Gasteiger partial charge on any atom is 0.248 e. The summed E-state index contributed by atoms with van der Waals surface area (Å²) in [6.45, 7) is 5.71. The number of methoxy groups -OCH3 is 1. The van der Waals surface area contributed by atoms with E-state index in [4.69, 9.17) is 15.9 Å². The molecule has 8 nitrogen and oxygen atoms in total. The lowest BCUT2D eigenvalue weighted by molar-refractivity contribution is -0.112. The zero-order chi connectivity index (χ0) is 26.9. The van der Waals surface area contributed by atoms with Crippen molar-refractivity contribution in [1.82, 2.24) is 9.88 Å². The molecule has 2 aromatic carbocycles. The van der Waals surface area contributed by atoms with Crippen LogP contribution in [0.3, 0.4) is 0 Å². The summed E-state index contributed by atoms with van der Waals surface area (Å²) in [6, 6.07) is 13.2. The quantitative estimate of drug-likeness (QED) is 0.315. The number of fused-ring (bicyclic) bond motifs is 1. The summed E-state index contributed by atoms with van der Waals surface area (Å²) < 4.78 is 11.0. The third kappa shape index (κ3) is 6.49. The standard InChI is InChI=1S/C30H31N5O3/c1-4-21-7-6-8-24(15-21)33-30-23(19-31)20-32-26-18-28(38-5-2)27(17-25(26)30)34-29(36)16-22-9-11-35(12-10-22)13-14-37-3/h1,6-8,15-18,20H,5,9-14H2,2-3H3,(H,32,33)(H,34,36). The largest absolute Gasteiger partial charge is 0.492 e. The van der Waals surface area contributed by atoms with Crippen LogP contribution in [0.2, 0.25) is 0 Å². The molecule has 2 heterocycles. The van der Waals surface area contributed by atoms with Crippen LogP contribution in [0.1, 0.15) is 30.9 Å². The van der Waals surface area contributed by atoms with E-state index in [2.05, 4.69) is 32.5 Å². The molecule has 0 unspecified atom stereocenters. The van der Waals surface area contributed by atoms with Crippen LogP contribution in [0.15, 0.2) is 54.2 Å². The Morgan fingerprint density at radius 3 is 2.79 bits per heavy atom. The number of piperidine rings is 1. The Bertz CT molecular complexity index is 1420. The number of hydrogen-bond donors (Lipinski definition) is 2. The summed E-state index contributed by atoms with van der Waals surface area (Å²) in [4.78, 5) is 19.8. The lowest BCUT2D eigenvalue weighted by atomic mass is 10.0. The van der Waals surface area contributed by atoms with Crippen molar-refractivity contribution in [1.29, 1.82) is 5.26 Å². The van der Waals surface area contributed by atoms with E-state index in [0.717, 1.165) is 49.3 Å². The molecule has 0 saturated carbocycles. The van der Waals surface area contributed by atoms with Gasteiger partial charge in [0.25, 0.3) is 0 Å². The molecule has 1 aliphatic rings. The Morgan fingerprint density at radius 2 is 2.08 bits per heavy atom. The molecule has 1 amide bonds. The van der Waals surface area contributed by atoms with E-state index in [-0.39, 0.29) is 5.91 Å². The fourth-order valence-corrected chi connectivity index (χ4v) is 4.43. The second-order valence-corrected chi connectivity index (χ2v) is 8.93. The van der Waals surface area contributed by atoms with E-state index >= 15 is 0 Å². The van der Waals surface area contributed by atoms with Crippen molar-refractivity contribution in [2.45, 2.75) is 19.8 Å². The summed E-state index contributed by atoms with van der Waals surface area (Å²) in [7, 11) is 1.70. The molecule has 1 saturated heterocycles. The average molecular weight is 510 g/mol. The molecule has 8 heteroatoms. The Balaban J connectivity index is 1.64. The van der Waals surface area contributed by atoms with Crippen LogP contribution in [0.25, 0.3) is 10.9 Å². The van der Waals surface area contributed by atoms with Gasteiger partial charge in [-0.3, -0.25) is 9.78 Å². The molecule has 0 atom stereocenters.